The van der Waals surface area contributed by atoms with Gasteiger partial charge >= 0.3 is 6.09 Å². The normalized spacial score (nSPS) is 15.3. The van der Waals surface area contributed by atoms with Crippen LogP contribution >= 0.6 is 22.9 Å². The molecule has 1 aliphatic heterocycles. The van der Waals surface area contributed by atoms with Crippen molar-refractivity contribution >= 4 is 40.6 Å². The van der Waals surface area contributed by atoms with Crippen molar-refractivity contribution in [3.63, 3.8) is 0 Å². The zero-order valence-corrected chi connectivity index (χ0v) is 22.5. The summed E-state index contributed by atoms with van der Waals surface area (Å²) in [5.74, 6) is -0.267. The minimum Gasteiger partial charge on any atom is -0.442 e. The van der Waals surface area contributed by atoms with Gasteiger partial charge in [-0.1, -0.05) is 17.7 Å². The summed E-state index contributed by atoms with van der Waals surface area (Å²) in [4.78, 5) is 42.2. The van der Waals surface area contributed by atoms with Crippen LogP contribution in [-0.4, -0.2) is 68.4 Å². The number of aromatic nitrogens is 1. The van der Waals surface area contributed by atoms with Crippen molar-refractivity contribution in [3.8, 4) is 5.69 Å². The van der Waals surface area contributed by atoms with Crippen molar-refractivity contribution in [2.24, 2.45) is 0 Å². The Bertz CT molecular complexity index is 1340. The lowest BCUT2D eigenvalue weighted by Gasteiger charge is -2.18. The lowest BCUT2D eigenvalue weighted by molar-refractivity contribution is 0.0920. The molecule has 1 saturated heterocycles. The number of thiophene rings is 1. The highest BCUT2D eigenvalue weighted by Crippen LogP contribution is 2.27. The van der Waals surface area contributed by atoms with Gasteiger partial charge in [0.25, 0.3) is 11.5 Å². The van der Waals surface area contributed by atoms with E-state index in [1.54, 1.807) is 36.1 Å². The van der Waals surface area contributed by atoms with Crippen LogP contribution in [0.25, 0.3) is 5.69 Å². The molecule has 1 aliphatic rings. The van der Waals surface area contributed by atoms with E-state index in [2.05, 4.69) is 5.32 Å². The number of halogens is 1. The molecule has 3 heterocycles. The van der Waals surface area contributed by atoms with Crippen LogP contribution in [0.3, 0.4) is 0 Å². The van der Waals surface area contributed by atoms with Crippen molar-refractivity contribution in [2.75, 3.05) is 45.7 Å². The topological polar surface area (TPSA) is 93.1 Å². The molecule has 11 heteroatoms. The number of nitrogens with one attached hydrogen (secondary N) is 1. The minimum absolute atomic E-state index is 0.0853. The molecule has 1 atom stereocenters. The van der Waals surface area contributed by atoms with Gasteiger partial charge in [-0.15, -0.1) is 11.3 Å². The number of methoxy groups -OCH3 is 1. The predicted octanol–water partition coefficient (Wildman–Crippen LogP) is 3.56. The van der Waals surface area contributed by atoms with E-state index >= 15 is 0 Å². The van der Waals surface area contributed by atoms with Crippen LogP contribution in [0.1, 0.15) is 20.8 Å². The van der Waals surface area contributed by atoms with E-state index in [-0.39, 0.29) is 31.2 Å². The van der Waals surface area contributed by atoms with Crippen LogP contribution in [-0.2, 0) is 22.5 Å². The van der Waals surface area contributed by atoms with Gasteiger partial charge in [-0.2, -0.15) is 0 Å². The average molecular weight is 545 g/mol. The zero-order chi connectivity index (χ0) is 26.5. The molecule has 0 unspecified atom stereocenters. The third kappa shape index (κ3) is 6.40. The van der Waals surface area contributed by atoms with E-state index in [0.717, 1.165) is 17.7 Å². The van der Waals surface area contributed by atoms with Crippen LogP contribution < -0.4 is 15.8 Å². The molecule has 37 heavy (non-hydrogen) atoms. The van der Waals surface area contributed by atoms with E-state index in [9.17, 15) is 14.4 Å². The average Bonchev–Trinajstić information content (AvgIpc) is 3.47. The number of rotatable bonds is 10. The summed E-state index contributed by atoms with van der Waals surface area (Å²) < 4.78 is 13.0. The molecule has 0 radical (unpaired) electrons. The Labute approximate surface area is 224 Å². The molecule has 4 rings (SSSR count). The Morgan fingerprint density at radius 3 is 2.73 bits per heavy atom. The van der Waals surface area contributed by atoms with E-state index in [1.165, 1.54) is 16.2 Å². The third-order valence-corrected chi connectivity index (χ3v) is 7.18. The van der Waals surface area contributed by atoms with Crippen LogP contribution in [0.4, 0.5) is 10.5 Å². The van der Waals surface area contributed by atoms with Gasteiger partial charge in [0, 0.05) is 36.7 Å². The lowest BCUT2D eigenvalue weighted by Crippen LogP contribution is -2.34. The highest BCUT2D eigenvalue weighted by Gasteiger charge is 2.33. The Balaban J connectivity index is 1.51. The van der Waals surface area contributed by atoms with Gasteiger partial charge in [-0.05, 0) is 56.9 Å². The smallest absolute Gasteiger partial charge is 0.414 e. The summed E-state index contributed by atoms with van der Waals surface area (Å²) in [6.45, 7) is 1.47. The fourth-order valence-corrected chi connectivity index (χ4v) is 5.04. The Kier molecular flexibility index (Phi) is 8.65. The fourth-order valence-electron chi connectivity index (χ4n) is 4.08. The molecule has 196 valence electrons. The number of ether oxygens (including phenoxy) is 2. The fraction of sp³-hybridized carbons (Fsp3) is 0.346. The first kappa shape index (κ1) is 26.9. The van der Waals surface area contributed by atoms with Crippen LogP contribution in [0.15, 0.2) is 53.5 Å². The summed E-state index contributed by atoms with van der Waals surface area (Å²) in [6, 6.07) is 12.4. The third-order valence-electron chi connectivity index (χ3n) is 5.95. The molecular weight excluding hydrogens is 516 g/mol. The second kappa shape index (κ2) is 11.9. The second-order valence-electron chi connectivity index (χ2n) is 8.94. The predicted molar refractivity (Wildman–Crippen MR) is 144 cm³/mol. The van der Waals surface area contributed by atoms with E-state index in [1.807, 2.05) is 43.3 Å². The van der Waals surface area contributed by atoms with Gasteiger partial charge in [0.15, 0.2) is 0 Å². The summed E-state index contributed by atoms with van der Waals surface area (Å²) in [5.41, 5.74) is 2.70. The van der Waals surface area contributed by atoms with E-state index in [0.29, 0.717) is 27.0 Å². The standard InChI is InChI=1S/C26H29ClN4O5S/c1-29(2)12-10-17-5-4-11-30(25(17)33)21-7-6-19(13-18(21)16-35-3)31-15-20(36-26(31)34)14-28-24(32)22-8-9-23(27)37-22/h4-9,11,13,20H,10,12,14-16H2,1-3H3,(H,28,32)/t20-/m0/s1. The summed E-state index contributed by atoms with van der Waals surface area (Å²) in [7, 11) is 5.52. The molecule has 2 aromatic heterocycles. The van der Waals surface area contributed by atoms with Crippen LogP contribution in [0.2, 0.25) is 4.34 Å². The van der Waals surface area contributed by atoms with Gasteiger partial charge in [-0.3, -0.25) is 19.1 Å². The molecule has 1 N–H and O–H groups in total. The first-order valence-corrected chi connectivity index (χ1v) is 13.0. The molecule has 3 aromatic rings. The number of pyridine rings is 1. The molecule has 0 spiro atoms. The molecule has 9 nitrogen and oxygen atoms in total. The molecule has 1 fully saturated rings. The van der Waals surface area contributed by atoms with Crippen molar-refractivity contribution in [1.82, 2.24) is 14.8 Å². The molecule has 0 aliphatic carbocycles. The summed E-state index contributed by atoms with van der Waals surface area (Å²) in [6.07, 6.45) is 1.37. The van der Waals surface area contributed by atoms with Crippen molar-refractivity contribution in [2.45, 2.75) is 19.1 Å². The zero-order valence-electron chi connectivity index (χ0n) is 20.9. The maximum atomic E-state index is 13.2. The number of carbonyl (C=O) groups excluding carboxylic acids is 2. The number of nitrogens with zero attached hydrogens (tertiary/aromatic N) is 3. The summed E-state index contributed by atoms with van der Waals surface area (Å²) >= 11 is 7.08. The number of cyclic esters (lactones) is 1. The Morgan fingerprint density at radius 2 is 2.03 bits per heavy atom. The van der Waals surface area contributed by atoms with Crippen LogP contribution in [0, 0.1) is 0 Å². The first-order valence-electron chi connectivity index (χ1n) is 11.8. The number of hydrogen-bond acceptors (Lipinski definition) is 7. The second-order valence-corrected chi connectivity index (χ2v) is 10.7. The first-order chi connectivity index (χ1) is 17.8. The molecule has 1 aromatic carbocycles. The quantitative estimate of drug-likeness (QED) is 0.419. The number of likely N-dealkylation sites (N-methyl/N-ethyl adjacent to an activating group) is 1. The van der Waals surface area contributed by atoms with E-state index in [4.69, 9.17) is 21.1 Å². The number of benzene rings is 1. The van der Waals surface area contributed by atoms with Gasteiger partial charge in [0.1, 0.15) is 6.10 Å². The summed E-state index contributed by atoms with van der Waals surface area (Å²) in [5, 5.41) is 2.79. The Morgan fingerprint density at radius 1 is 1.22 bits per heavy atom. The number of anilines is 1. The lowest BCUT2D eigenvalue weighted by atomic mass is 10.1. The number of hydrogen-bond donors (Lipinski definition) is 1. The van der Waals surface area contributed by atoms with Gasteiger partial charge in [-0.25, -0.2) is 4.79 Å². The number of amides is 2. The van der Waals surface area contributed by atoms with Gasteiger partial charge in [0.2, 0.25) is 0 Å². The van der Waals surface area contributed by atoms with Crippen LogP contribution in [0.5, 0.6) is 0 Å². The number of carbonyl (C=O) groups is 2. The van der Waals surface area contributed by atoms with Crippen molar-refractivity contribution in [1.29, 1.82) is 0 Å². The molecule has 0 saturated carbocycles. The van der Waals surface area contributed by atoms with Gasteiger partial charge in [0.05, 0.1) is 34.6 Å². The highest BCUT2D eigenvalue weighted by atomic mass is 35.5. The molecule has 2 amide bonds. The van der Waals surface area contributed by atoms with E-state index < -0.39 is 12.2 Å². The minimum atomic E-state index is -0.506. The molecule has 0 bridgehead atoms. The Hall–Kier alpha value is -3.18. The SMILES string of the molecule is COCc1cc(N2C[C@H](CNC(=O)c3ccc(Cl)s3)OC2=O)ccc1-n1cccc(CCN(C)C)c1=O. The van der Waals surface area contributed by atoms with Crippen molar-refractivity contribution in [3.05, 3.63) is 79.4 Å². The largest absolute Gasteiger partial charge is 0.442 e. The monoisotopic (exact) mass is 544 g/mol. The highest BCUT2D eigenvalue weighted by molar-refractivity contribution is 7.18. The maximum absolute atomic E-state index is 13.2. The van der Waals surface area contributed by atoms with Crippen molar-refractivity contribution < 1.29 is 19.1 Å². The van der Waals surface area contributed by atoms with Gasteiger partial charge < -0.3 is 19.7 Å². The maximum Gasteiger partial charge on any atom is 0.414 e. The molecular formula is C26H29ClN4O5S.